The van der Waals surface area contributed by atoms with E-state index in [0.29, 0.717) is 5.56 Å². The van der Waals surface area contributed by atoms with Gasteiger partial charge in [-0.2, -0.15) is 0 Å². The van der Waals surface area contributed by atoms with Crippen molar-refractivity contribution < 1.29 is 15.1 Å². The Morgan fingerprint density at radius 1 is 1.36 bits per heavy atom. The van der Waals surface area contributed by atoms with Gasteiger partial charge in [0, 0.05) is 5.56 Å². The molecule has 1 heterocycles. The summed E-state index contributed by atoms with van der Waals surface area (Å²) in [5.41, 5.74) is 5.03. The molecule has 6 heteroatoms. The highest BCUT2D eigenvalue weighted by atomic mass is 16.6. The number of benzene rings is 1. The quantitative estimate of drug-likeness (QED) is 0.405. The Labute approximate surface area is 79.7 Å². The molecule has 0 saturated carbocycles. The van der Waals surface area contributed by atoms with Crippen molar-refractivity contribution in [3.05, 3.63) is 35.0 Å². The van der Waals surface area contributed by atoms with Crippen molar-refractivity contribution in [3.63, 3.8) is 0 Å². The molecule has 2 atom stereocenters. The van der Waals surface area contributed by atoms with Crippen LogP contribution < -0.4 is 16.1 Å². The van der Waals surface area contributed by atoms with Gasteiger partial charge in [0.1, 0.15) is 5.75 Å². The van der Waals surface area contributed by atoms with E-state index in [2.05, 4.69) is 11.0 Å². The molecule has 1 saturated heterocycles. The third kappa shape index (κ3) is 1.41. The first-order valence-corrected chi connectivity index (χ1v) is 4.07. The lowest BCUT2D eigenvalue weighted by atomic mass is 10.1. The number of amides is 1. The first-order chi connectivity index (χ1) is 6.68. The van der Waals surface area contributed by atoms with Crippen molar-refractivity contribution in [1.29, 1.82) is 0 Å². The third-order valence-electron chi connectivity index (χ3n) is 2.06. The van der Waals surface area contributed by atoms with E-state index in [4.69, 9.17) is 5.11 Å². The Morgan fingerprint density at radius 2 is 2.00 bits per heavy atom. The fourth-order valence-corrected chi connectivity index (χ4v) is 1.36. The molecule has 0 spiro atoms. The van der Waals surface area contributed by atoms with Gasteiger partial charge in [-0.1, -0.05) is 5.53 Å². The van der Waals surface area contributed by atoms with Gasteiger partial charge in [-0.25, -0.2) is 5.43 Å². The first-order valence-electron chi connectivity index (χ1n) is 4.07. The summed E-state index contributed by atoms with van der Waals surface area (Å²) in [5, 5.41) is 19.9. The van der Waals surface area contributed by atoms with Crippen LogP contribution in [-0.2, 0) is 4.79 Å². The van der Waals surface area contributed by atoms with Gasteiger partial charge in [-0.3, -0.25) is 9.97 Å². The number of aromatic hydroxyl groups is 1. The average molecular weight is 195 g/mol. The summed E-state index contributed by atoms with van der Waals surface area (Å²) in [6.07, 6.45) is 0. The molecule has 4 N–H and O–H groups in total. The van der Waals surface area contributed by atoms with Crippen molar-refractivity contribution in [2.45, 2.75) is 6.04 Å². The number of nitrogens with one attached hydrogen (secondary N) is 3. The van der Waals surface area contributed by atoms with E-state index in [1.165, 1.54) is 12.1 Å². The zero-order valence-corrected chi connectivity index (χ0v) is 7.15. The number of hydrogen-bond donors (Lipinski definition) is 4. The van der Waals surface area contributed by atoms with Crippen LogP contribution in [0.1, 0.15) is 11.6 Å². The maximum absolute atomic E-state index is 11.2. The smallest absolute Gasteiger partial charge is 0.303 e. The molecule has 1 amide bonds. The number of carbonyl (C=O) groups is 1. The monoisotopic (exact) mass is 195 g/mol. The van der Waals surface area contributed by atoms with E-state index >= 15 is 0 Å². The molecule has 0 aromatic heterocycles. The highest BCUT2D eigenvalue weighted by Gasteiger charge is 2.33. The molecule has 0 bridgehead atoms. The lowest BCUT2D eigenvalue weighted by Crippen LogP contribution is -3.12. The molecular formula is C8H9N3O3. The molecule has 1 aromatic rings. The van der Waals surface area contributed by atoms with Gasteiger partial charge in [-0.15, -0.1) is 0 Å². The maximum Gasteiger partial charge on any atom is 0.303 e. The fraction of sp³-hybridized carbons (Fsp3) is 0.125. The molecule has 2 rings (SSSR count). The number of hydroxylamine groups is 1. The van der Waals surface area contributed by atoms with E-state index in [0.717, 1.165) is 0 Å². The van der Waals surface area contributed by atoms with Crippen LogP contribution in [0.25, 0.3) is 0 Å². The zero-order valence-electron chi connectivity index (χ0n) is 7.15. The lowest BCUT2D eigenvalue weighted by Gasteiger charge is -2.19. The van der Waals surface area contributed by atoms with E-state index in [-0.39, 0.29) is 16.8 Å². The van der Waals surface area contributed by atoms with E-state index in [9.17, 15) is 10.0 Å². The molecule has 1 aromatic carbocycles. The predicted octanol–water partition coefficient (Wildman–Crippen LogP) is -1.63. The topological polar surface area (TPSA) is 88.9 Å². The van der Waals surface area contributed by atoms with Crippen molar-refractivity contribution in [3.8, 4) is 5.75 Å². The predicted molar refractivity (Wildman–Crippen MR) is 46.5 cm³/mol. The second-order valence-electron chi connectivity index (χ2n) is 3.00. The largest absolute Gasteiger partial charge is 0.611 e. The minimum atomic E-state index is -0.810. The summed E-state index contributed by atoms with van der Waals surface area (Å²) < 4.78 is 0. The molecule has 1 aliphatic heterocycles. The van der Waals surface area contributed by atoms with Crippen molar-refractivity contribution in [1.82, 2.24) is 11.0 Å². The van der Waals surface area contributed by atoms with Gasteiger partial charge in [0.25, 0.3) is 0 Å². The molecule has 2 unspecified atom stereocenters. The number of phenolic OH excluding ortho intramolecular Hbond substituents is 1. The zero-order chi connectivity index (χ0) is 10.1. The van der Waals surface area contributed by atoms with Crippen LogP contribution in [0.4, 0.5) is 0 Å². The summed E-state index contributed by atoms with van der Waals surface area (Å²) >= 11 is 0. The van der Waals surface area contributed by atoms with Crippen LogP contribution >= 0.6 is 0 Å². The molecule has 0 radical (unpaired) electrons. The second kappa shape index (κ2) is 3.26. The Morgan fingerprint density at radius 3 is 2.50 bits per heavy atom. The summed E-state index contributed by atoms with van der Waals surface area (Å²) in [7, 11) is 0. The Kier molecular flexibility index (Phi) is 2.08. The third-order valence-corrected chi connectivity index (χ3v) is 2.06. The molecular weight excluding hydrogens is 186 g/mol. The van der Waals surface area contributed by atoms with Gasteiger partial charge in [0.2, 0.25) is 6.04 Å². The van der Waals surface area contributed by atoms with Crippen molar-refractivity contribution >= 4 is 5.91 Å². The van der Waals surface area contributed by atoms with E-state index in [1.807, 2.05) is 0 Å². The number of hydrazine groups is 1. The van der Waals surface area contributed by atoms with Crippen LogP contribution in [-0.4, -0.2) is 11.0 Å². The SMILES string of the molecule is O=C1NN[NH+]([O-])C1c1ccc(O)cc1. The Bertz CT molecular complexity index is 351. The summed E-state index contributed by atoms with van der Waals surface area (Å²) in [6.45, 7) is 0. The average Bonchev–Trinajstić information content (AvgIpc) is 2.49. The fourth-order valence-electron chi connectivity index (χ4n) is 1.36. The molecule has 6 nitrogen and oxygen atoms in total. The summed E-state index contributed by atoms with van der Waals surface area (Å²) in [6, 6.07) is 5.16. The minimum Gasteiger partial charge on any atom is -0.611 e. The number of hydrogen-bond acceptors (Lipinski definition) is 4. The summed E-state index contributed by atoms with van der Waals surface area (Å²) in [5.74, 6) is -0.270. The van der Waals surface area contributed by atoms with Crippen LogP contribution in [0.2, 0.25) is 0 Å². The van der Waals surface area contributed by atoms with Crippen LogP contribution in [0, 0.1) is 5.21 Å². The standard InChI is InChI=1S/C8H9N3O3/c12-6-3-1-5(2-4-6)7-8(13)9-10-11(7)14/h1-4,7,10-12H,(H,9,13). The van der Waals surface area contributed by atoms with E-state index < -0.39 is 6.04 Å². The molecule has 0 aliphatic carbocycles. The van der Waals surface area contributed by atoms with Gasteiger partial charge in [-0.05, 0) is 24.3 Å². The first kappa shape index (κ1) is 8.95. The molecule has 74 valence electrons. The molecule has 1 fully saturated rings. The normalized spacial score (nSPS) is 26.2. The van der Waals surface area contributed by atoms with Crippen LogP contribution in [0.15, 0.2) is 24.3 Å². The van der Waals surface area contributed by atoms with Crippen molar-refractivity contribution in [2.75, 3.05) is 0 Å². The number of carbonyl (C=O) groups excluding carboxylic acids is 1. The molecule has 14 heavy (non-hydrogen) atoms. The summed E-state index contributed by atoms with van der Waals surface area (Å²) in [4.78, 5) is 11.2. The second-order valence-corrected chi connectivity index (χ2v) is 3.00. The van der Waals surface area contributed by atoms with Crippen LogP contribution in [0.5, 0.6) is 5.75 Å². The lowest BCUT2D eigenvalue weighted by molar-refractivity contribution is -0.911. The number of phenols is 1. The van der Waals surface area contributed by atoms with Gasteiger partial charge in [0.05, 0.1) is 0 Å². The van der Waals surface area contributed by atoms with Gasteiger partial charge >= 0.3 is 5.91 Å². The highest BCUT2D eigenvalue weighted by Crippen LogP contribution is 2.15. The van der Waals surface area contributed by atoms with Crippen molar-refractivity contribution in [2.24, 2.45) is 0 Å². The minimum absolute atomic E-state index is 0.104. The number of rotatable bonds is 1. The van der Waals surface area contributed by atoms with Crippen LogP contribution in [0.3, 0.4) is 0 Å². The Hall–Kier alpha value is -1.63. The highest BCUT2D eigenvalue weighted by molar-refractivity contribution is 5.82. The molecule has 1 aliphatic rings. The Balaban J connectivity index is 2.30. The van der Waals surface area contributed by atoms with Gasteiger partial charge in [0.15, 0.2) is 0 Å². The maximum atomic E-state index is 11.2. The van der Waals surface area contributed by atoms with E-state index in [1.54, 1.807) is 12.1 Å². The van der Waals surface area contributed by atoms with Gasteiger partial charge < -0.3 is 10.3 Å². The number of quaternary nitrogens is 1.